The van der Waals surface area contributed by atoms with Gasteiger partial charge in [0.15, 0.2) is 0 Å². The van der Waals surface area contributed by atoms with E-state index in [0.29, 0.717) is 0 Å². The van der Waals surface area contributed by atoms with Crippen LogP contribution in [0.3, 0.4) is 0 Å². The van der Waals surface area contributed by atoms with Crippen molar-refractivity contribution < 1.29 is 0 Å². The topological polar surface area (TPSA) is 37.8 Å². The van der Waals surface area contributed by atoms with Gasteiger partial charge in [-0.2, -0.15) is 0 Å². The molecule has 0 amide bonds. The minimum absolute atomic E-state index is 0.0409. The Kier molecular flexibility index (Phi) is 6.61. The Morgan fingerprint density at radius 2 is 1.21 bits per heavy atom. The minimum Gasteiger partial charge on any atom is -0.354 e. The lowest BCUT2D eigenvalue weighted by Gasteiger charge is -2.36. The van der Waals surface area contributed by atoms with Gasteiger partial charge in [0.1, 0.15) is 0 Å². The highest BCUT2D eigenvalue weighted by Gasteiger charge is 2.34. The number of benzene rings is 3. The molecule has 0 fully saturated rings. The molecular weight excluding hydrogens is 510 g/mol. The van der Waals surface area contributed by atoms with E-state index in [0.717, 1.165) is 45.1 Å². The normalized spacial score (nSPS) is 14.1. The molecule has 5 aromatic rings. The molecule has 1 aliphatic rings. The summed E-state index contributed by atoms with van der Waals surface area (Å²) in [5, 5.41) is 3.78. The van der Waals surface area contributed by atoms with Crippen LogP contribution in [-0.2, 0) is 16.2 Å². The third-order valence-corrected chi connectivity index (χ3v) is 8.65. The number of aromatic nitrogens is 2. The molecule has 3 heteroatoms. The molecule has 1 N–H and O–H groups in total. The van der Waals surface area contributed by atoms with Crippen LogP contribution in [0.4, 0.5) is 11.4 Å². The fraction of sp³-hybridized carbons (Fsp3) is 0.282. The zero-order chi connectivity index (χ0) is 29.9. The number of anilines is 2. The molecule has 0 atom stereocenters. The zero-order valence-corrected chi connectivity index (χ0v) is 26.1. The summed E-state index contributed by atoms with van der Waals surface area (Å²) in [5.41, 5.74) is 13.6. The van der Waals surface area contributed by atoms with Crippen molar-refractivity contribution in [3.05, 3.63) is 119 Å². The summed E-state index contributed by atoms with van der Waals surface area (Å²) in [4.78, 5) is 10.1. The molecule has 2 aromatic heterocycles. The lowest BCUT2D eigenvalue weighted by molar-refractivity contribution is 0.589. The Morgan fingerprint density at radius 1 is 0.595 bits per heavy atom. The van der Waals surface area contributed by atoms with Gasteiger partial charge in [-0.3, -0.25) is 4.98 Å². The number of rotatable bonds is 3. The number of nitrogens with one attached hydrogen (secondary N) is 1. The van der Waals surface area contributed by atoms with Crippen LogP contribution in [0.2, 0.25) is 0 Å². The minimum atomic E-state index is -0.124. The van der Waals surface area contributed by atoms with Crippen LogP contribution in [0.5, 0.6) is 0 Å². The van der Waals surface area contributed by atoms with Gasteiger partial charge in [0.25, 0.3) is 0 Å². The van der Waals surface area contributed by atoms with Crippen molar-refractivity contribution >= 4 is 11.4 Å². The summed E-state index contributed by atoms with van der Waals surface area (Å²) < 4.78 is 0. The number of fused-ring (bicyclic) bond motifs is 2. The first-order valence-electron chi connectivity index (χ1n) is 14.9. The first-order chi connectivity index (χ1) is 19.8. The third kappa shape index (κ3) is 5.02. The number of hydrogen-bond donors (Lipinski definition) is 1. The first kappa shape index (κ1) is 27.9. The molecule has 212 valence electrons. The summed E-state index contributed by atoms with van der Waals surface area (Å²) in [6.45, 7) is 18.2. The predicted molar refractivity (Wildman–Crippen MR) is 178 cm³/mol. The van der Waals surface area contributed by atoms with Gasteiger partial charge in [-0.15, -0.1) is 0 Å². The average molecular weight is 552 g/mol. The largest absolute Gasteiger partial charge is 0.354 e. The summed E-state index contributed by atoms with van der Waals surface area (Å²) in [5.74, 6) is 0. The fourth-order valence-corrected chi connectivity index (χ4v) is 5.98. The average Bonchev–Trinajstić information content (AvgIpc) is 2.96. The van der Waals surface area contributed by atoms with Crippen molar-refractivity contribution in [1.29, 1.82) is 0 Å². The van der Waals surface area contributed by atoms with Crippen molar-refractivity contribution in [3.8, 4) is 33.8 Å². The monoisotopic (exact) mass is 551 g/mol. The number of pyridine rings is 2. The third-order valence-electron chi connectivity index (χ3n) is 8.65. The van der Waals surface area contributed by atoms with Crippen molar-refractivity contribution in [3.63, 3.8) is 0 Å². The van der Waals surface area contributed by atoms with Crippen LogP contribution >= 0.6 is 0 Å². The van der Waals surface area contributed by atoms with Gasteiger partial charge in [0, 0.05) is 34.0 Å². The van der Waals surface area contributed by atoms with E-state index in [-0.39, 0.29) is 16.2 Å². The second-order valence-electron chi connectivity index (χ2n) is 14.2. The van der Waals surface area contributed by atoms with E-state index in [4.69, 9.17) is 9.97 Å². The molecule has 0 spiro atoms. The van der Waals surface area contributed by atoms with E-state index in [1.807, 2.05) is 6.20 Å². The van der Waals surface area contributed by atoms with E-state index in [9.17, 15) is 0 Å². The van der Waals surface area contributed by atoms with E-state index in [1.54, 1.807) is 0 Å². The van der Waals surface area contributed by atoms with Crippen molar-refractivity contribution in [2.45, 2.75) is 71.6 Å². The van der Waals surface area contributed by atoms with E-state index < -0.39 is 0 Å². The second-order valence-corrected chi connectivity index (χ2v) is 14.2. The highest BCUT2D eigenvalue weighted by atomic mass is 14.9. The lowest BCUT2D eigenvalue weighted by Crippen LogP contribution is -2.26. The van der Waals surface area contributed by atoms with Gasteiger partial charge in [-0.1, -0.05) is 110 Å². The Labute approximate surface area is 251 Å². The van der Waals surface area contributed by atoms with Crippen LogP contribution < -0.4 is 5.32 Å². The van der Waals surface area contributed by atoms with Crippen LogP contribution in [0, 0.1) is 0 Å². The standard InChI is InChI=1S/C39H41N3/c1-37(2,3)27-19-20-40-33(22-27)25-13-11-14-26(21-25)34-23-28(38(4,5)6)24-35(41-34)29-15-12-17-31-36(29)42-32-18-10-9-16-30(32)39(31,7)8/h9-24,42H,1-8H3. The molecule has 3 heterocycles. The molecule has 0 aliphatic carbocycles. The summed E-state index contributed by atoms with van der Waals surface area (Å²) >= 11 is 0. The van der Waals surface area contributed by atoms with E-state index >= 15 is 0 Å². The van der Waals surface area contributed by atoms with Gasteiger partial charge in [0.05, 0.1) is 22.8 Å². The van der Waals surface area contributed by atoms with E-state index in [2.05, 4.69) is 152 Å². The maximum absolute atomic E-state index is 5.33. The van der Waals surface area contributed by atoms with Crippen LogP contribution in [0.1, 0.15) is 77.6 Å². The summed E-state index contributed by atoms with van der Waals surface area (Å²) in [6, 6.07) is 32.8. The first-order valence-corrected chi connectivity index (χ1v) is 14.9. The second kappa shape index (κ2) is 9.94. The Hall–Kier alpha value is -4.24. The Morgan fingerprint density at radius 3 is 1.95 bits per heavy atom. The highest BCUT2D eigenvalue weighted by molar-refractivity contribution is 5.88. The molecule has 3 nitrogen and oxygen atoms in total. The molecule has 0 saturated carbocycles. The van der Waals surface area contributed by atoms with Gasteiger partial charge >= 0.3 is 0 Å². The molecule has 0 unspecified atom stereocenters. The highest BCUT2D eigenvalue weighted by Crippen LogP contribution is 2.48. The van der Waals surface area contributed by atoms with Gasteiger partial charge in [-0.25, -0.2) is 4.98 Å². The molecule has 0 saturated heterocycles. The Bertz CT molecular complexity index is 1800. The van der Waals surface area contributed by atoms with Crippen LogP contribution in [-0.4, -0.2) is 9.97 Å². The smallest absolute Gasteiger partial charge is 0.0733 e. The van der Waals surface area contributed by atoms with Crippen LogP contribution in [0.15, 0.2) is 97.2 Å². The maximum Gasteiger partial charge on any atom is 0.0733 e. The van der Waals surface area contributed by atoms with Crippen LogP contribution in [0.25, 0.3) is 33.8 Å². The SMILES string of the molecule is CC(C)(C)c1ccnc(-c2cccc(-c3cc(C(C)(C)C)cc(-c4cccc5c4Nc4ccccc4C5(C)C)n3)c2)c1. The van der Waals surface area contributed by atoms with Crippen molar-refractivity contribution in [2.75, 3.05) is 5.32 Å². The zero-order valence-electron chi connectivity index (χ0n) is 26.1. The number of hydrogen-bond acceptors (Lipinski definition) is 3. The number of para-hydroxylation sites is 2. The molecule has 0 bridgehead atoms. The summed E-state index contributed by atoms with van der Waals surface area (Å²) in [6.07, 6.45) is 1.92. The molecular formula is C39H41N3. The molecule has 6 rings (SSSR count). The van der Waals surface area contributed by atoms with E-state index in [1.165, 1.54) is 22.3 Å². The predicted octanol–water partition coefficient (Wildman–Crippen LogP) is 10.5. The van der Waals surface area contributed by atoms with Gasteiger partial charge < -0.3 is 5.32 Å². The van der Waals surface area contributed by atoms with Gasteiger partial charge in [0.2, 0.25) is 0 Å². The lowest BCUT2D eigenvalue weighted by atomic mass is 9.73. The Balaban J connectivity index is 1.50. The van der Waals surface area contributed by atoms with Crippen molar-refractivity contribution in [1.82, 2.24) is 9.97 Å². The number of nitrogens with zero attached hydrogens (tertiary/aromatic N) is 2. The fourth-order valence-electron chi connectivity index (χ4n) is 5.98. The molecule has 42 heavy (non-hydrogen) atoms. The van der Waals surface area contributed by atoms with Gasteiger partial charge in [-0.05, 0) is 69.5 Å². The quantitative estimate of drug-likeness (QED) is 0.242. The molecule has 3 aromatic carbocycles. The molecule has 1 aliphatic heterocycles. The molecule has 0 radical (unpaired) electrons. The maximum atomic E-state index is 5.33. The van der Waals surface area contributed by atoms with Crippen molar-refractivity contribution in [2.24, 2.45) is 0 Å². The summed E-state index contributed by atoms with van der Waals surface area (Å²) in [7, 11) is 0.